The number of carbonyl (C=O) groups excluding carboxylic acids is 2. The van der Waals surface area contributed by atoms with E-state index in [0.29, 0.717) is 17.7 Å². The zero-order valence-electron chi connectivity index (χ0n) is 13.6. The van der Waals surface area contributed by atoms with Crippen molar-refractivity contribution in [2.45, 2.75) is 32.9 Å². The van der Waals surface area contributed by atoms with Crippen LogP contribution in [0.25, 0.3) is 0 Å². The van der Waals surface area contributed by atoms with E-state index >= 15 is 0 Å². The molecule has 2 rings (SSSR count). The van der Waals surface area contributed by atoms with E-state index in [1.54, 1.807) is 36.7 Å². The Morgan fingerprint density at radius 3 is 1.96 bits per heavy atom. The fourth-order valence-electron chi connectivity index (χ4n) is 1.97. The van der Waals surface area contributed by atoms with Crippen molar-refractivity contribution in [1.82, 2.24) is 15.6 Å². The van der Waals surface area contributed by atoms with Crippen molar-refractivity contribution < 1.29 is 9.59 Å². The van der Waals surface area contributed by atoms with Gasteiger partial charge in [-0.1, -0.05) is 0 Å². The van der Waals surface area contributed by atoms with Crippen LogP contribution in [0.1, 0.15) is 47.1 Å². The summed E-state index contributed by atoms with van der Waals surface area (Å²) < 4.78 is 0. The molecule has 0 saturated heterocycles. The van der Waals surface area contributed by atoms with Crippen LogP contribution in [0, 0.1) is 0 Å². The minimum atomic E-state index is -0.294. The number of pyridine rings is 1. The number of carbonyl (C=O) groups is 2. The summed E-state index contributed by atoms with van der Waals surface area (Å²) in [5.41, 5.74) is 1.74. The Balaban J connectivity index is 1.96. The van der Waals surface area contributed by atoms with Crippen molar-refractivity contribution in [1.29, 1.82) is 0 Å². The quantitative estimate of drug-likeness (QED) is 0.911. The highest BCUT2D eigenvalue weighted by Gasteiger charge is 2.15. The summed E-state index contributed by atoms with van der Waals surface area (Å²) in [5, 5.41) is 5.72. The first-order valence-electron chi connectivity index (χ1n) is 7.45. The summed E-state index contributed by atoms with van der Waals surface area (Å²) in [7, 11) is 0. The molecule has 0 saturated carbocycles. The van der Waals surface area contributed by atoms with E-state index in [-0.39, 0.29) is 17.4 Å². The molecular weight excluding hydrogens is 290 g/mol. The van der Waals surface area contributed by atoms with E-state index in [9.17, 15) is 9.59 Å². The van der Waals surface area contributed by atoms with E-state index in [1.165, 1.54) is 0 Å². The highest BCUT2D eigenvalue weighted by molar-refractivity contribution is 5.98. The number of hydrogen-bond acceptors (Lipinski definition) is 3. The Morgan fingerprint density at radius 1 is 0.913 bits per heavy atom. The molecule has 23 heavy (non-hydrogen) atoms. The van der Waals surface area contributed by atoms with Gasteiger partial charge in [-0.05, 0) is 62.7 Å². The maximum absolute atomic E-state index is 12.1. The van der Waals surface area contributed by atoms with Gasteiger partial charge >= 0.3 is 0 Å². The monoisotopic (exact) mass is 311 g/mol. The molecule has 0 fully saturated rings. The van der Waals surface area contributed by atoms with Crippen LogP contribution in [0.4, 0.5) is 0 Å². The molecule has 1 aromatic carbocycles. The highest BCUT2D eigenvalue weighted by atomic mass is 16.2. The predicted molar refractivity (Wildman–Crippen MR) is 89.1 cm³/mol. The number of nitrogens with one attached hydrogen (secondary N) is 2. The molecule has 120 valence electrons. The lowest BCUT2D eigenvalue weighted by Crippen LogP contribution is -2.40. The third-order valence-corrected chi connectivity index (χ3v) is 3.10. The van der Waals surface area contributed by atoms with Crippen molar-refractivity contribution >= 4 is 11.8 Å². The van der Waals surface area contributed by atoms with Crippen molar-refractivity contribution in [2.75, 3.05) is 0 Å². The van der Waals surface area contributed by atoms with Gasteiger partial charge < -0.3 is 10.6 Å². The van der Waals surface area contributed by atoms with Crippen LogP contribution >= 0.6 is 0 Å². The van der Waals surface area contributed by atoms with E-state index in [1.807, 2.05) is 32.9 Å². The maximum atomic E-state index is 12.1. The number of rotatable bonds is 4. The summed E-state index contributed by atoms with van der Waals surface area (Å²) in [6, 6.07) is 10.3. The number of amides is 2. The zero-order chi connectivity index (χ0) is 16.9. The molecule has 0 aliphatic rings. The third-order valence-electron chi connectivity index (χ3n) is 3.10. The first-order chi connectivity index (χ1) is 10.8. The molecule has 1 aromatic heterocycles. The second-order valence-corrected chi connectivity index (χ2v) is 6.32. The molecule has 0 aliphatic heterocycles. The molecule has 2 amide bonds. The molecule has 0 bridgehead atoms. The minimum absolute atomic E-state index is 0.152. The predicted octanol–water partition coefficient (Wildman–Crippen LogP) is 2.54. The zero-order valence-corrected chi connectivity index (χ0v) is 13.6. The van der Waals surface area contributed by atoms with E-state index in [2.05, 4.69) is 15.6 Å². The Kier molecular flexibility index (Phi) is 5.11. The first kappa shape index (κ1) is 16.7. The lowest BCUT2D eigenvalue weighted by molar-refractivity contribution is 0.0915. The second-order valence-electron chi connectivity index (χ2n) is 6.32. The van der Waals surface area contributed by atoms with Crippen LogP contribution in [-0.2, 0) is 6.54 Å². The van der Waals surface area contributed by atoms with Crippen LogP contribution in [0.5, 0.6) is 0 Å². The molecule has 2 aromatic rings. The Labute approximate surface area is 136 Å². The summed E-state index contributed by atoms with van der Waals surface area (Å²) in [5.74, 6) is -0.328. The standard InChI is InChI=1S/C18H21N3O2/c1-18(2,3)21-17(23)15-6-4-14(5-7-15)16(22)20-12-13-8-10-19-11-9-13/h4-11H,12H2,1-3H3,(H,20,22)(H,21,23). The van der Waals surface area contributed by atoms with E-state index < -0.39 is 0 Å². The fraction of sp³-hybridized carbons (Fsp3) is 0.278. The lowest BCUT2D eigenvalue weighted by Gasteiger charge is -2.20. The topological polar surface area (TPSA) is 71.1 Å². The Bertz CT molecular complexity index is 674. The van der Waals surface area contributed by atoms with Gasteiger partial charge in [0.25, 0.3) is 11.8 Å². The summed E-state index contributed by atoms with van der Waals surface area (Å²) in [4.78, 5) is 28.1. The van der Waals surface area contributed by atoms with Gasteiger partial charge in [-0.3, -0.25) is 14.6 Å². The summed E-state index contributed by atoms with van der Waals surface area (Å²) in [6.07, 6.45) is 3.37. The van der Waals surface area contributed by atoms with E-state index in [0.717, 1.165) is 5.56 Å². The Hall–Kier alpha value is -2.69. The van der Waals surface area contributed by atoms with Gasteiger partial charge in [-0.25, -0.2) is 0 Å². The molecule has 0 spiro atoms. The second kappa shape index (κ2) is 7.05. The van der Waals surface area contributed by atoms with Gasteiger partial charge in [0, 0.05) is 35.6 Å². The smallest absolute Gasteiger partial charge is 0.251 e. The van der Waals surface area contributed by atoms with Crippen molar-refractivity contribution in [3.8, 4) is 0 Å². The van der Waals surface area contributed by atoms with Gasteiger partial charge in [0.05, 0.1) is 0 Å². The van der Waals surface area contributed by atoms with Crippen LogP contribution < -0.4 is 10.6 Å². The third kappa shape index (κ3) is 5.21. The number of nitrogens with zero attached hydrogens (tertiary/aromatic N) is 1. The molecule has 1 heterocycles. The molecule has 0 aliphatic carbocycles. The number of hydrogen-bond donors (Lipinski definition) is 2. The highest BCUT2D eigenvalue weighted by Crippen LogP contribution is 2.08. The van der Waals surface area contributed by atoms with Crippen molar-refractivity contribution in [2.24, 2.45) is 0 Å². The molecule has 5 nitrogen and oxygen atoms in total. The van der Waals surface area contributed by atoms with Gasteiger partial charge in [-0.2, -0.15) is 0 Å². The molecular formula is C18H21N3O2. The van der Waals surface area contributed by atoms with Crippen LogP contribution in [0.2, 0.25) is 0 Å². The molecule has 0 unspecified atom stereocenters. The average Bonchev–Trinajstić information content (AvgIpc) is 2.52. The van der Waals surface area contributed by atoms with Gasteiger partial charge in [0.2, 0.25) is 0 Å². The van der Waals surface area contributed by atoms with Crippen LogP contribution in [0.3, 0.4) is 0 Å². The average molecular weight is 311 g/mol. The molecule has 5 heteroatoms. The van der Waals surface area contributed by atoms with Gasteiger partial charge in [0.1, 0.15) is 0 Å². The number of benzene rings is 1. The largest absolute Gasteiger partial charge is 0.348 e. The van der Waals surface area contributed by atoms with Crippen LogP contribution in [-0.4, -0.2) is 22.3 Å². The SMILES string of the molecule is CC(C)(C)NC(=O)c1ccc(C(=O)NCc2ccncc2)cc1. The van der Waals surface area contributed by atoms with Gasteiger partial charge in [0.15, 0.2) is 0 Å². The normalized spacial score (nSPS) is 10.9. The van der Waals surface area contributed by atoms with E-state index in [4.69, 9.17) is 0 Å². The Morgan fingerprint density at radius 2 is 1.43 bits per heavy atom. The molecule has 2 N–H and O–H groups in total. The first-order valence-corrected chi connectivity index (χ1v) is 7.45. The van der Waals surface area contributed by atoms with Crippen molar-refractivity contribution in [3.63, 3.8) is 0 Å². The number of aromatic nitrogens is 1. The van der Waals surface area contributed by atoms with Crippen molar-refractivity contribution in [3.05, 3.63) is 65.5 Å². The molecule has 0 atom stereocenters. The molecule has 0 radical (unpaired) electrons. The minimum Gasteiger partial charge on any atom is -0.348 e. The summed E-state index contributed by atoms with van der Waals surface area (Å²) in [6.45, 7) is 6.21. The fourth-order valence-corrected chi connectivity index (χ4v) is 1.97. The maximum Gasteiger partial charge on any atom is 0.251 e. The lowest BCUT2D eigenvalue weighted by atomic mass is 10.1. The van der Waals surface area contributed by atoms with Gasteiger partial charge in [-0.15, -0.1) is 0 Å². The van der Waals surface area contributed by atoms with Crippen LogP contribution in [0.15, 0.2) is 48.8 Å². The summed E-state index contributed by atoms with van der Waals surface area (Å²) >= 11 is 0.